The Morgan fingerprint density at radius 2 is 0.550 bits per heavy atom. The predicted molar refractivity (Wildman–Crippen MR) is 336 cm³/mol. The molecule has 4 heterocycles. The maximum atomic E-state index is 7.16. The van der Waals surface area contributed by atoms with Crippen LogP contribution in [0.25, 0.3) is 121 Å². The summed E-state index contributed by atoms with van der Waals surface area (Å²) in [4.78, 5) is 0. The van der Waals surface area contributed by atoms with Crippen molar-refractivity contribution in [1.29, 1.82) is 0 Å². The van der Waals surface area contributed by atoms with Crippen LogP contribution >= 0.6 is 0 Å². The van der Waals surface area contributed by atoms with E-state index >= 15 is 0 Å². The van der Waals surface area contributed by atoms with Gasteiger partial charge in [0.15, 0.2) is 0 Å². The fourth-order valence-electron chi connectivity index (χ4n) is 14.6. The molecule has 0 spiro atoms. The third-order valence-corrected chi connectivity index (χ3v) is 17.9. The van der Waals surface area contributed by atoms with E-state index in [0.717, 1.165) is 45.3 Å². The van der Waals surface area contributed by atoms with Crippen LogP contribution < -0.4 is 42.3 Å². The summed E-state index contributed by atoms with van der Waals surface area (Å²) < 4.78 is 14.3. The average molecular weight is 1010 g/mol. The van der Waals surface area contributed by atoms with Crippen LogP contribution in [0, 0.1) is 0 Å². The minimum absolute atomic E-state index is 0.0975. The van der Waals surface area contributed by atoms with Crippen molar-refractivity contribution < 1.29 is 9.47 Å². The molecule has 0 radical (unpaired) electrons. The second kappa shape index (κ2) is 16.7. The smallest absolute Gasteiger partial charge is 0.252 e. The molecule has 0 aromatic heterocycles. The summed E-state index contributed by atoms with van der Waals surface area (Å²) >= 11 is 0. The maximum Gasteiger partial charge on any atom is 0.252 e. The zero-order chi connectivity index (χ0) is 52.2. The fourth-order valence-corrected chi connectivity index (χ4v) is 14.6. The molecule has 0 aliphatic carbocycles. The standard InChI is InChI=1S/C76H44B2O2/c1-5-21-45(22-6-1)49-37-61-57-41-55(53-31-15-13-29-51(53)47-25-9-3-10-26-47)59-44-66-72-58(62-38-50(46-23-7-2-8-24-46)40-70-76(62)78(66)64-34-18-20-36-68(64)80-70)42-56(54-32-16-14-30-52(54)48-27-11-4-12-28-48)60-43-65(71(57)73(59)74(60)72)77-63-33-17-19-35-67(63)79-69(39-49)75(61)77/h1-44H. The van der Waals surface area contributed by atoms with Gasteiger partial charge in [-0.3, -0.25) is 0 Å². The molecule has 0 saturated carbocycles. The highest BCUT2D eigenvalue weighted by Crippen LogP contribution is 2.53. The molecule has 2 nitrogen and oxygen atoms in total. The van der Waals surface area contributed by atoms with Gasteiger partial charge in [0.25, 0.3) is 13.4 Å². The zero-order valence-electron chi connectivity index (χ0n) is 43.4. The van der Waals surface area contributed by atoms with Crippen LogP contribution in [0.4, 0.5) is 0 Å². The van der Waals surface area contributed by atoms with Gasteiger partial charge in [0.2, 0.25) is 0 Å². The lowest BCUT2D eigenvalue weighted by molar-refractivity contribution is 0.487. The first-order valence-corrected chi connectivity index (χ1v) is 27.9. The molecule has 0 atom stereocenters. The molecule has 0 amide bonds. The van der Waals surface area contributed by atoms with E-state index in [4.69, 9.17) is 9.47 Å². The number of fused-ring (bicyclic) bond motifs is 8. The van der Waals surface area contributed by atoms with E-state index in [9.17, 15) is 0 Å². The van der Waals surface area contributed by atoms with E-state index in [2.05, 4.69) is 267 Å². The Morgan fingerprint density at radius 3 is 0.963 bits per heavy atom. The maximum absolute atomic E-state index is 7.16. The van der Waals surface area contributed by atoms with Gasteiger partial charge < -0.3 is 9.47 Å². The highest BCUT2D eigenvalue weighted by molar-refractivity contribution is 7.01. The Balaban J connectivity index is 1.08. The molecule has 366 valence electrons. The van der Waals surface area contributed by atoms with Crippen molar-refractivity contribution in [2.24, 2.45) is 0 Å². The van der Waals surface area contributed by atoms with Crippen molar-refractivity contribution in [2.75, 3.05) is 0 Å². The quantitative estimate of drug-likeness (QED) is 0.122. The lowest BCUT2D eigenvalue weighted by atomic mass is 9.31. The molecular weight excluding hydrogens is 966 g/mol. The van der Waals surface area contributed by atoms with Crippen LogP contribution in [-0.4, -0.2) is 13.4 Å². The van der Waals surface area contributed by atoms with Gasteiger partial charge in [-0.1, -0.05) is 229 Å². The summed E-state index contributed by atoms with van der Waals surface area (Å²) in [5.41, 5.74) is 26.5. The van der Waals surface area contributed by atoms with Crippen LogP contribution in [0.5, 0.6) is 23.0 Å². The van der Waals surface area contributed by atoms with E-state index in [0.29, 0.717) is 0 Å². The Kier molecular flexibility index (Phi) is 9.15. The number of benzene rings is 14. The van der Waals surface area contributed by atoms with Crippen molar-refractivity contribution in [3.05, 3.63) is 267 Å². The second-order valence-corrected chi connectivity index (χ2v) is 22.0. The van der Waals surface area contributed by atoms with Gasteiger partial charge >= 0.3 is 0 Å². The summed E-state index contributed by atoms with van der Waals surface area (Å²) in [5.74, 6) is 3.63. The normalized spacial score (nSPS) is 12.9. The zero-order valence-corrected chi connectivity index (χ0v) is 43.4. The number of ether oxygens (including phenoxy) is 2. The van der Waals surface area contributed by atoms with Crippen LogP contribution in [0.2, 0.25) is 0 Å². The van der Waals surface area contributed by atoms with Crippen LogP contribution in [0.15, 0.2) is 267 Å². The SMILES string of the molecule is c1ccc(-c2cc3c4c(c2)-c2cc(-c5ccccc5-c5ccccc5)c5cc6c7c(cc(-c8ccccc8-c8ccccc8)c8cc(c2c5c87)B4c2ccccc2O3)-c2cc(-c3ccccc3)cc3c2B6c2ccccc2O3)cc1. The summed E-state index contributed by atoms with van der Waals surface area (Å²) in [5, 5.41) is 7.72. The van der Waals surface area contributed by atoms with Gasteiger partial charge in [-0.25, -0.2) is 0 Å². The number of hydrogen-bond acceptors (Lipinski definition) is 2. The third kappa shape index (κ3) is 6.16. The molecule has 0 N–H and O–H groups in total. The van der Waals surface area contributed by atoms with Crippen molar-refractivity contribution in [1.82, 2.24) is 0 Å². The highest BCUT2D eigenvalue weighted by atomic mass is 16.5. The Labute approximate surface area is 464 Å². The molecule has 4 aliphatic rings. The molecule has 14 aromatic rings. The molecule has 0 unspecified atom stereocenters. The average Bonchev–Trinajstić information content (AvgIpc) is 2.17. The van der Waals surface area contributed by atoms with E-state index in [1.54, 1.807) is 0 Å². The number of rotatable bonds is 6. The Morgan fingerprint density at radius 1 is 0.200 bits per heavy atom. The van der Waals surface area contributed by atoms with Gasteiger partial charge in [-0.15, -0.1) is 0 Å². The first kappa shape index (κ1) is 43.9. The van der Waals surface area contributed by atoms with E-state index in [-0.39, 0.29) is 13.4 Å². The summed E-state index contributed by atoms with van der Waals surface area (Å²) in [6, 6.07) is 99.0. The molecule has 4 heteroatoms. The van der Waals surface area contributed by atoms with E-state index in [1.807, 2.05) is 0 Å². The predicted octanol–water partition coefficient (Wildman–Crippen LogP) is 15.8. The van der Waals surface area contributed by atoms with E-state index in [1.165, 1.54) is 132 Å². The first-order chi connectivity index (χ1) is 39.7. The third-order valence-electron chi connectivity index (χ3n) is 17.9. The first-order valence-electron chi connectivity index (χ1n) is 27.9. The second-order valence-electron chi connectivity index (χ2n) is 22.0. The molecule has 4 aliphatic heterocycles. The molecule has 0 saturated heterocycles. The summed E-state index contributed by atoms with van der Waals surface area (Å²) in [6.07, 6.45) is 0. The minimum Gasteiger partial charge on any atom is -0.458 e. The molecular formula is C76H44B2O2. The van der Waals surface area contributed by atoms with Crippen molar-refractivity contribution in [2.45, 2.75) is 0 Å². The van der Waals surface area contributed by atoms with Crippen LogP contribution in [-0.2, 0) is 0 Å². The van der Waals surface area contributed by atoms with E-state index < -0.39 is 0 Å². The minimum atomic E-state index is -0.0975. The largest absolute Gasteiger partial charge is 0.458 e. The molecule has 18 rings (SSSR count). The fraction of sp³-hybridized carbons (Fsp3) is 0. The lowest BCUT2D eigenvalue weighted by Crippen LogP contribution is -2.58. The number of hydrogen-bond donors (Lipinski definition) is 0. The summed E-state index contributed by atoms with van der Waals surface area (Å²) in [7, 11) is 0. The monoisotopic (exact) mass is 1010 g/mol. The molecule has 80 heavy (non-hydrogen) atoms. The Bertz CT molecular complexity index is 4620. The number of para-hydroxylation sites is 2. The summed E-state index contributed by atoms with van der Waals surface area (Å²) in [6.45, 7) is -0.195. The highest BCUT2D eigenvalue weighted by Gasteiger charge is 2.44. The van der Waals surface area contributed by atoms with Gasteiger partial charge in [0.05, 0.1) is 0 Å². The molecule has 14 aromatic carbocycles. The van der Waals surface area contributed by atoms with Crippen LogP contribution in [0.1, 0.15) is 0 Å². The van der Waals surface area contributed by atoms with Gasteiger partial charge in [0.1, 0.15) is 23.0 Å². The van der Waals surface area contributed by atoms with Crippen molar-refractivity contribution >= 4 is 78.5 Å². The van der Waals surface area contributed by atoms with Crippen molar-refractivity contribution in [3.63, 3.8) is 0 Å². The molecule has 0 bridgehead atoms. The topological polar surface area (TPSA) is 18.5 Å². The van der Waals surface area contributed by atoms with Crippen molar-refractivity contribution in [3.8, 4) is 112 Å². The van der Waals surface area contributed by atoms with Gasteiger partial charge in [-0.05, 0) is 192 Å². The Hall–Kier alpha value is -10.2. The van der Waals surface area contributed by atoms with Gasteiger partial charge in [-0.2, -0.15) is 0 Å². The van der Waals surface area contributed by atoms with Gasteiger partial charge in [0, 0.05) is 0 Å². The van der Waals surface area contributed by atoms with Crippen LogP contribution in [0.3, 0.4) is 0 Å². The lowest BCUT2D eigenvalue weighted by Gasteiger charge is -2.38. The molecule has 0 fully saturated rings.